The van der Waals surface area contributed by atoms with Gasteiger partial charge in [-0.2, -0.15) is 0 Å². The van der Waals surface area contributed by atoms with Gasteiger partial charge in [0.1, 0.15) is 0 Å². The summed E-state index contributed by atoms with van der Waals surface area (Å²) in [4.78, 5) is 2.31. The first-order valence-electron chi connectivity index (χ1n) is 3.75. The predicted molar refractivity (Wildman–Crippen MR) is 39.1 cm³/mol. The highest BCUT2D eigenvalue weighted by molar-refractivity contribution is 4.69. The Morgan fingerprint density at radius 2 is 2.00 bits per heavy atom. The second-order valence-electron chi connectivity index (χ2n) is 2.98. The molecule has 0 saturated carbocycles. The molecule has 1 heterocycles. The molecule has 1 rings (SSSR count). The molecule has 1 aliphatic rings. The summed E-state index contributed by atoms with van der Waals surface area (Å²) in [5.74, 6) is 0.924. The van der Waals surface area contributed by atoms with Gasteiger partial charge < -0.3 is 4.90 Å². The van der Waals surface area contributed by atoms with E-state index in [9.17, 15) is 0 Å². The lowest BCUT2D eigenvalue weighted by molar-refractivity contribution is 0.209. The van der Waals surface area contributed by atoms with Crippen LogP contribution in [-0.4, -0.2) is 24.5 Å². The topological polar surface area (TPSA) is 3.24 Å². The number of rotatable bonds is 1. The van der Waals surface area contributed by atoms with Gasteiger partial charge in [0.2, 0.25) is 0 Å². The van der Waals surface area contributed by atoms with E-state index in [4.69, 9.17) is 6.92 Å². The molecule has 52 valence electrons. The lowest BCUT2D eigenvalue weighted by Crippen LogP contribution is -2.32. The molecule has 2 radical (unpaired) electrons. The van der Waals surface area contributed by atoms with Crippen LogP contribution in [0.2, 0.25) is 0 Å². The van der Waals surface area contributed by atoms with Crippen molar-refractivity contribution in [2.75, 3.05) is 19.6 Å². The second-order valence-corrected chi connectivity index (χ2v) is 2.98. The van der Waals surface area contributed by atoms with Crippen LogP contribution in [-0.2, 0) is 0 Å². The molecule has 0 aromatic rings. The lowest BCUT2D eigenvalue weighted by atomic mass is 9.99. The Morgan fingerprint density at radius 3 is 2.44 bits per heavy atom. The smallest absolute Gasteiger partial charge is 0.00161 e. The lowest BCUT2D eigenvalue weighted by Gasteiger charge is -2.28. The summed E-state index contributed by atoms with van der Waals surface area (Å²) in [5.41, 5.74) is 0. The average molecular weight is 125 g/mol. The van der Waals surface area contributed by atoms with Crippen molar-refractivity contribution in [2.45, 2.75) is 19.8 Å². The van der Waals surface area contributed by atoms with Crippen LogP contribution < -0.4 is 0 Å². The minimum absolute atomic E-state index is 0.743. The Bertz CT molecular complexity index is 72.6. The van der Waals surface area contributed by atoms with E-state index in [1.807, 2.05) is 0 Å². The Kier molecular flexibility index (Phi) is 2.52. The molecule has 0 N–H and O–H groups in total. The highest BCUT2D eigenvalue weighted by Gasteiger charge is 2.12. The zero-order chi connectivity index (χ0) is 6.69. The quantitative estimate of drug-likeness (QED) is 0.512. The maximum Gasteiger partial charge on any atom is 0.00161 e. The molecule has 0 spiro atoms. The van der Waals surface area contributed by atoms with Gasteiger partial charge in [-0.3, -0.25) is 0 Å². The molecule has 0 amide bonds. The summed E-state index contributed by atoms with van der Waals surface area (Å²) in [6, 6.07) is 0. The molecule has 1 heteroatoms. The fraction of sp³-hybridized carbons (Fsp3) is 0.875. The molecule has 1 fully saturated rings. The molecule has 1 aliphatic heterocycles. The zero-order valence-corrected chi connectivity index (χ0v) is 6.14. The fourth-order valence-corrected chi connectivity index (χ4v) is 1.24. The van der Waals surface area contributed by atoms with Crippen molar-refractivity contribution < 1.29 is 0 Å². The molecule has 0 aliphatic carbocycles. The third kappa shape index (κ3) is 1.98. The van der Waals surface area contributed by atoms with Crippen molar-refractivity contribution in [3.8, 4) is 0 Å². The number of piperidine rings is 1. The minimum atomic E-state index is 0.743. The SMILES string of the molecule is [CH]CN1CCC(C)CC1. The summed E-state index contributed by atoms with van der Waals surface area (Å²) in [6.07, 6.45) is 2.66. The summed E-state index contributed by atoms with van der Waals surface area (Å²) < 4.78 is 0. The summed E-state index contributed by atoms with van der Waals surface area (Å²) in [6.45, 7) is 10.9. The van der Waals surface area contributed by atoms with Crippen molar-refractivity contribution in [2.24, 2.45) is 5.92 Å². The summed E-state index contributed by atoms with van der Waals surface area (Å²) >= 11 is 0. The second kappa shape index (κ2) is 3.21. The Balaban J connectivity index is 2.18. The van der Waals surface area contributed by atoms with Crippen LogP contribution >= 0.6 is 0 Å². The molecule has 1 saturated heterocycles. The van der Waals surface area contributed by atoms with E-state index in [1.54, 1.807) is 0 Å². The van der Waals surface area contributed by atoms with Crippen molar-refractivity contribution in [1.82, 2.24) is 4.90 Å². The van der Waals surface area contributed by atoms with Gasteiger partial charge in [0.25, 0.3) is 0 Å². The standard InChI is InChI=1S/C8H15N/c1-3-9-6-4-8(2)5-7-9/h1,8H,3-7H2,2H3. The van der Waals surface area contributed by atoms with E-state index in [1.165, 1.54) is 25.9 Å². The third-order valence-corrected chi connectivity index (χ3v) is 2.13. The van der Waals surface area contributed by atoms with E-state index in [0.29, 0.717) is 0 Å². The first kappa shape index (κ1) is 7.07. The zero-order valence-electron chi connectivity index (χ0n) is 6.14. The number of hydrogen-bond acceptors (Lipinski definition) is 1. The Hall–Kier alpha value is -0.0400. The first-order valence-corrected chi connectivity index (χ1v) is 3.75. The largest absolute Gasteiger partial charge is 0.303 e. The molecule has 0 atom stereocenters. The molecular formula is C8H15N. The highest BCUT2D eigenvalue weighted by atomic mass is 15.1. The van der Waals surface area contributed by atoms with Crippen LogP contribution in [0.25, 0.3) is 0 Å². The third-order valence-electron chi connectivity index (χ3n) is 2.13. The van der Waals surface area contributed by atoms with Crippen LogP contribution in [0.5, 0.6) is 0 Å². The molecular weight excluding hydrogens is 110 g/mol. The van der Waals surface area contributed by atoms with Crippen molar-refractivity contribution in [1.29, 1.82) is 0 Å². The average Bonchev–Trinajstić information content (AvgIpc) is 1.90. The van der Waals surface area contributed by atoms with E-state index in [2.05, 4.69) is 11.8 Å². The van der Waals surface area contributed by atoms with Crippen molar-refractivity contribution >= 4 is 0 Å². The van der Waals surface area contributed by atoms with Crippen LogP contribution in [0.4, 0.5) is 0 Å². The van der Waals surface area contributed by atoms with Crippen molar-refractivity contribution in [3.05, 3.63) is 6.92 Å². The van der Waals surface area contributed by atoms with Gasteiger partial charge >= 0.3 is 0 Å². The maximum atomic E-state index is 5.47. The molecule has 1 nitrogen and oxygen atoms in total. The van der Waals surface area contributed by atoms with Gasteiger partial charge in [0, 0.05) is 6.54 Å². The van der Waals surface area contributed by atoms with E-state index in [-0.39, 0.29) is 0 Å². The van der Waals surface area contributed by atoms with Gasteiger partial charge in [-0.25, -0.2) is 0 Å². The van der Waals surface area contributed by atoms with Gasteiger partial charge in [-0.1, -0.05) is 6.92 Å². The van der Waals surface area contributed by atoms with Gasteiger partial charge in [-0.05, 0) is 38.8 Å². The van der Waals surface area contributed by atoms with Gasteiger partial charge in [0.15, 0.2) is 0 Å². The maximum absolute atomic E-state index is 5.47. The molecule has 0 aromatic carbocycles. The first-order chi connectivity index (χ1) is 4.33. The van der Waals surface area contributed by atoms with E-state index in [0.717, 1.165) is 12.5 Å². The normalized spacial score (nSPS) is 24.7. The Morgan fingerprint density at radius 1 is 1.44 bits per heavy atom. The summed E-state index contributed by atoms with van der Waals surface area (Å²) in [7, 11) is 0. The molecule has 0 aromatic heterocycles. The Labute approximate surface area is 58.0 Å². The predicted octanol–water partition coefficient (Wildman–Crippen LogP) is 1.43. The number of likely N-dealkylation sites (tertiary alicyclic amines) is 1. The van der Waals surface area contributed by atoms with Crippen molar-refractivity contribution in [3.63, 3.8) is 0 Å². The molecule has 0 unspecified atom stereocenters. The highest BCUT2D eigenvalue weighted by Crippen LogP contribution is 2.14. The minimum Gasteiger partial charge on any atom is -0.303 e. The van der Waals surface area contributed by atoms with Crippen LogP contribution in [0, 0.1) is 12.8 Å². The van der Waals surface area contributed by atoms with Gasteiger partial charge in [-0.15, -0.1) is 0 Å². The molecule has 9 heavy (non-hydrogen) atoms. The van der Waals surface area contributed by atoms with Crippen LogP contribution in [0.3, 0.4) is 0 Å². The fourth-order valence-electron chi connectivity index (χ4n) is 1.24. The van der Waals surface area contributed by atoms with Crippen LogP contribution in [0.15, 0.2) is 0 Å². The number of hydrogen-bond donors (Lipinski definition) is 0. The van der Waals surface area contributed by atoms with E-state index >= 15 is 0 Å². The summed E-state index contributed by atoms with van der Waals surface area (Å²) in [5, 5.41) is 0. The van der Waals surface area contributed by atoms with E-state index < -0.39 is 0 Å². The van der Waals surface area contributed by atoms with Crippen LogP contribution in [0.1, 0.15) is 19.8 Å². The monoisotopic (exact) mass is 125 g/mol. The molecule has 0 bridgehead atoms. The van der Waals surface area contributed by atoms with Gasteiger partial charge in [0.05, 0.1) is 0 Å². The number of nitrogens with zero attached hydrogens (tertiary/aromatic N) is 1.